The Morgan fingerprint density at radius 3 is 2.29 bits per heavy atom. The fourth-order valence-electron chi connectivity index (χ4n) is 1.32. The molecule has 17 heavy (non-hydrogen) atoms. The molecule has 0 spiro atoms. The number of urea groups is 1. The Labute approximate surface area is 102 Å². The Hall–Kier alpha value is -1.30. The third-order valence-corrected chi connectivity index (χ3v) is 2.31. The van der Waals surface area contributed by atoms with Crippen LogP contribution >= 0.6 is 0 Å². The topological polar surface area (TPSA) is 81.7 Å². The van der Waals surface area contributed by atoms with Gasteiger partial charge in [0.2, 0.25) is 0 Å². The Kier molecular flexibility index (Phi) is 7.29. The molecule has 0 rings (SSSR count). The summed E-state index contributed by atoms with van der Waals surface area (Å²) in [6, 6.07) is -0.262. The highest BCUT2D eigenvalue weighted by atomic mass is 16.4. The Bertz CT molecular complexity index is 254. The molecule has 0 aliphatic heterocycles. The van der Waals surface area contributed by atoms with E-state index in [1.807, 2.05) is 32.8 Å². The van der Waals surface area contributed by atoms with Crippen LogP contribution in [0, 0.1) is 5.92 Å². The van der Waals surface area contributed by atoms with Gasteiger partial charge in [0.15, 0.2) is 0 Å². The van der Waals surface area contributed by atoms with Crippen molar-refractivity contribution in [2.24, 2.45) is 5.92 Å². The van der Waals surface area contributed by atoms with Gasteiger partial charge >= 0.3 is 12.0 Å². The average molecular weight is 245 g/mol. The molecule has 0 aromatic carbocycles. The lowest BCUT2D eigenvalue weighted by atomic mass is 10.0. The van der Waals surface area contributed by atoms with Gasteiger partial charge in [0.25, 0.3) is 0 Å². The molecule has 2 amide bonds. The molecule has 100 valence electrons. The predicted molar refractivity (Wildman–Crippen MR) is 66.0 cm³/mol. The van der Waals surface area contributed by atoms with Crippen molar-refractivity contribution in [2.45, 2.75) is 26.3 Å². The van der Waals surface area contributed by atoms with Crippen LogP contribution in [0.4, 0.5) is 4.79 Å². The van der Waals surface area contributed by atoms with Crippen molar-refractivity contribution < 1.29 is 14.7 Å². The minimum absolute atomic E-state index is 0.0508. The summed E-state index contributed by atoms with van der Waals surface area (Å²) < 4.78 is 0. The van der Waals surface area contributed by atoms with E-state index in [1.165, 1.54) is 0 Å². The first-order valence-corrected chi connectivity index (χ1v) is 5.73. The lowest BCUT2D eigenvalue weighted by molar-refractivity contribution is -0.136. The normalized spacial score (nSPS) is 12.6. The van der Waals surface area contributed by atoms with Crippen LogP contribution in [0.5, 0.6) is 0 Å². The van der Waals surface area contributed by atoms with Crippen molar-refractivity contribution in [1.29, 1.82) is 0 Å². The van der Waals surface area contributed by atoms with Crippen molar-refractivity contribution >= 4 is 12.0 Å². The van der Waals surface area contributed by atoms with E-state index in [9.17, 15) is 9.59 Å². The van der Waals surface area contributed by atoms with E-state index in [4.69, 9.17) is 5.11 Å². The van der Waals surface area contributed by atoms with E-state index in [0.717, 1.165) is 6.54 Å². The van der Waals surface area contributed by atoms with Gasteiger partial charge in [0.05, 0.1) is 6.42 Å². The van der Waals surface area contributed by atoms with E-state index in [0.29, 0.717) is 5.92 Å². The number of amides is 2. The molecule has 6 nitrogen and oxygen atoms in total. The lowest BCUT2D eigenvalue weighted by Crippen LogP contribution is -2.49. The van der Waals surface area contributed by atoms with Gasteiger partial charge in [-0.25, -0.2) is 4.79 Å². The highest BCUT2D eigenvalue weighted by Gasteiger charge is 2.16. The maximum absolute atomic E-state index is 11.5. The fraction of sp³-hybridized carbons (Fsp3) is 0.818. The number of carboxylic acid groups (broad SMARTS) is 1. The zero-order chi connectivity index (χ0) is 13.4. The van der Waals surface area contributed by atoms with Gasteiger partial charge in [-0.1, -0.05) is 13.8 Å². The maximum atomic E-state index is 11.5. The highest BCUT2D eigenvalue weighted by Crippen LogP contribution is 2.02. The van der Waals surface area contributed by atoms with E-state index >= 15 is 0 Å². The molecule has 0 aromatic heterocycles. The molecule has 0 aliphatic rings. The number of likely N-dealkylation sites (N-methyl/N-ethyl adjacent to an activating group) is 1. The van der Waals surface area contributed by atoms with Crippen LogP contribution in [-0.4, -0.2) is 55.2 Å². The van der Waals surface area contributed by atoms with E-state index < -0.39 is 5.97 Å². The van der Waals surface area contributed by atoms with Gasteiger partial charge in [-0.3, -0.25) is 4.79 Å². The zero-order valence-corrected chi connectivity index (χ0v) is 11.0. The molecule has 0 bridgehead atoms. The number of carbonyl (C=O) groups is 2. The van der Waals surface area contributed by atoms with Crippen LogP contribution in [0.25, 0.3) is 0 Å². The molecular formula is C11H23N3O3. The molecule has 1 atom stereocenters. The molecule has 0 radical (unpaired) electrons. The van der Waals surface area contributed by atoms with Crippen molar-refractivity contribution in [3.63, 3.8) is 0 Å². The van der Waals surface area contributed by atoms with Gasteiger partial charge in [-0.2, -0.15) is 0 Å². The quantitative estimate of drug-likeness (QED) is 0.604. The van der Waals surface area contributed by atoms with Crippen LogP contribution in [0.2, 0.25) is 0 Å². The molecular weight excluding hydrogens is 222 g/mol. The predicted octanol–water partition coefficient (Wildman–Crippen LogP) is 0.347. The SMILES string of the molecule is CC(C)C(CN(C)C)NC(=O)NCCC(=O)O. The second-order valence-electron chi connectivity index (χ2n) is 4.66. The third-order valence-electron chi connectivity index (χ3n) is 2.31. The average Bonchev–Trinajstić information content (AvgIpc) is 2.15. The third kappa shape index (κ3) is 8.50. The number of hydrogen-bond donors (Lipinski definition) is 3. The number of nitrogens with zero attached hydrogens (tertiary/aromatic N) is 1. The van der Waals surface area contributed by atoms with Gasteiger partial charge in [0.1, 0.15) is 0 Å². The van der Waals surface area contributed by atoms with Crippen molar-refractivity contribution in [1.82, 2.24) is 15.5 Å². The fourth-order valence-corrected chi connectivity index (χ4v) is 1.32. The van der Waals surface area contributed by atoms with E-state index in [1.54, 1.807) is 0 Å². The summed E-state index contributed by atoms with van der Waals surface area (Å²) in [7, 11) is 3.89. The number of rotatable bonds is 7. The Morgan fingerprint density at radius 2 is 1.88 bits per heavy atom. The van der Waals surface area contributed by atoms with Crippen molar-refractivity contribution in [2.75, 3.05) is 27.2 Å². The van der Waals surface area contributed by atoms with Crippen LogP contribution in [0.15, 0.2) is 0 Å². The van der Waals surface area contributed by atoms with Crippen LogP contribution in [0.3, 0.4) is 0 Å². The summed E-state index contributed by atoms with van der Waals surface area (Å²) in [5.74, 6) is -0.596. The number of nitrogens with one attached hydrogen (secondary N) is 2. The van der Waals surface area contributed by atoms with Gasteiger partial charge in [0, 0.05) is 19.1 Å². The number of aliphatic carboxylic acids is 1. The van der Waals surface area contributed by atoms with Crippen molar-refractivity contribution in [3.05, 3.63) is 0 Å². The van der Waals surface area contributed by atoms with Gasteiger partial charge in [-0.15, -0.1) is 0 Å². The minimum atomic E-state index is -0.918. The molecule has 0 saturated heterocycles. The zero-order valence-electron chi connectivity index (χ0n) is 11.0. The van der Waals surface area contributed by atoms with Crippen molar-refractivity contribution in [3.8, 4) is 0 Å². The first-order chi connectivity index (χ1) is 7.82. The summed E-state index contributed by atoms with van der Waals surface area (Å²) >= 11 is 0. The summed E-state index contributed by atoms with van der Waals surface area (Å²) in [4.78, 5) is 23.8. The Morgan fingerprint density at radius 1 is 1.29 bits per heavy atom. The van der Waals surface area contributed by atoms with Crippen LogP contribution in [0.1, 0.15) is 20.3 Å². The smallest absolute Gasteiger partial charge is 0.315 e. The summed E-state index contributed by atoms with van der Waals surface area (Å²) in [5, 5.41) is 13.8. The monoisotopic (exact) mass is 245 g/mol. The Balaban J connectivity index is 3.99. The van der Waals surface area contributed by atoms with Gasteiger partial charge < -0.3 is 20.6 Å². The summed E-state index contributed by atoms with van der Waals surface area (Å²) in [5.41, 5.74) is 0. The van der Waals surface area contributed by atoms with E-state index in [-0.39, 0.29) is 25.0 Å². The minimum Gasteiger partial charge on any atom is -0.481 e. The first-order valence-electron chi connectivity index (χ1n) is 5.73. The number of carbonyl (C=O) groups excluding carboxylic acids is 1. The molecule has 3 N–H and O–H groups in total. The van der Waals surface area contributed by atoms with E-state index in [2.05, 4.69) is 10.6 Å². The van der Waals surface area contributed by atoms with Gasteiger partial charge in [-0.05, 0) is 20.0 Å². The first kappa shape index (κ1) is 15.7. The van der Waals surface area contributed by atoms with Crippen LogP contribution < -0.4 is 10.6 Å². The summed E-state index contributed by atoms with van der Waals surface area (Å²) in [6.45, 7) is 4.97. The molecule has 0 heterocycles. The molecule has 0 saturated carbocycles. The summed E-state index contributed by atoms with van der Waals surface area (Å²) in [6.07, 6.45) is -0.0621. The molecule has 0 fully saturated rings. The molecule has 0 aromatic rings. The second-order valence-corrected chi connectivity index (χ2v) is 4.66. The standard InChI is InChI=1S/C11H23N3O3/c1-8(2)9(7-14(3)4)13-11(17)12-6-5-10(15)16/h8-9H,5-7H2,1-4H3,(H,15,16)(H2,12,13,17). The molecule has 1 unspecified atom stereocenters. The highest BCUT2D eigenvalue weighted by molar-refractivity contribution is 5.75. The number of hydrogen-bond acceptors (Lipinski definition) is 3. The maximum Gasteiger partial charge on any atom is 0.315 e. The number of carboxylic acids is 1. The largest absolute Gasteiger partial charge is 0.481 e. The second kappa shape index (κ2) is 7.89. The molecule has 6 heteroatoms. The molecule has 0 aliphatic carbocycles. The lowest BCUT2D eigenvalue weighted by Gasteiger charge is -2.25. The van der Waals surface area contributed by atoms with Crippen LogP contribution in [-0.2, 0) is 4.79 Å².